The van der Waals surface area contributed by atoms with Gasteiger partial charge in [-0.3, -0.25) is 4.98 Å². The van der Waals surface area contributed by atoms with Crippen LogP contribution in [0.15, 0.2) is 54.7 Å². The summed E-state index contributed by atoms with van der Waals surface area (Å²) in [6.07, 6.45) is -3.62. The molecule has 0 amide bonds. The third-order valence-electron chi connectivity index (χ3n) is 3.74. The Labute approximate surface area is 157 Å². The van der Waals surface area contributed by atoms with Gasteiger partial charge in [0.15, 0.2) is 0 Å². The van der Waals surface area contributed by atoms with E-state index in [-0.39, 0.29) is 27.9 Å². The fraction of sp³-hybridized carbons (Fsp3) is 0.190. The predicted octanol–water partition coefficient (Wildman–Crippen LogP) is 6.36. The SMILES string of the molecule is [2H]C([2H])([2H])c1ccc(-c2cc(C([2H])([2H])[2H])c(C([2H])([2H])[2H])cn2)cc1-c1ccc(C(F)(F)F)cc1. The minimum atomic E-state index is -4.56. The molecule has 0 aliphatic rings. The normalized spacial score (nSPS) is 18.4. The zero-order valence-electron chi connectivity index (χ0n) is 21.8. The van der Waals surface area contributed by atoms with Crippen LogP contribution in [0.1, 0.15) is 34.6 Å². The Balaban J connectivity index is 2.20. The van der Waals surface area contributed by atoms with E-state index < -0.39 is 43.4 Å². The standard InChI is InChI=1S/C21H18F3N/c1-13-4-5-17(20-10-14(2)15(3)12-25-20)11-19(13)16-6-8-18(9-7-16)21(22,23)24/h4-12H,1-3H3/i1D3,2D3,3D3. The number of pyridine rings is 1. The number of benzene rings is 2. The van der Waals surface area contributed by atoms with E-state index in [1.54, 1.807) is 0 Å². The number of hydrogen-bond donors (Lipinski definition) is 0. The van der Waals surface area contributed by atoms with Gasteiger partial charge in [-0.15, -0.1) is 0 Å². The van der Waals surface area contributed by atoms with Gasteiger partial charge in [-0.05, 0) is 72.6 Å². The largest absolute Gasteiger partial charge is 0.416 e. The van der Waals surface area contributed by atoms with Gasteiger partial charge in [-0.1, -0.05) is 24.3 Å². The molecule has 1 heterocycles. The van der Waals surface area contributed by atoms with Gasteiger partial charge in [-0.25, -0.2) is 0 Å². The van der Waals surface area contributed by atoms with Gasteiger partial charge in [0.2, 0.25) is 0 Å². The highest BCUT2D eigenvalue weighted by Crippen LogP contribution is 2.33. The molecule has 2 aromatic carbocycles. The number of rotatable bonds is 2. The number of aryl methyl sites for hydroxylation is 3. The Morgan fingerprint density at radius 3 is 2.12 bits per heavy atom. The van der Waals surface area contributed by atoms with E-state index in [1.165, 1.54) is 18.2 Å². The second-order valence-electron chi connectivity index (χ2n) is 5.45. The summed E-state index contributed by atoms with van der Waals surface area (Å²) >= 11 is 0. The predicted molar refractivity (Wildman–Crippen MR) is 94.3 cm³/mol. The lowest BCUT2D eigenvalue weighted by atomic mass is 9.95. The first-order valence-electron chi connectivity index (χ1n) is 11.7. The first kappa shape index (κ1) is 9.18. The van der Waals surface area contributed by atoms with Crippen molar-refractivity contribution >= 4 is 0 Å². The van der Waals surface area contributed by atoms with Crippen LogP contribution in [-0.2, 0) is 6.18 Å². The molecule has 128 valence electrons. The van der Waals surface area contributed by atoms with Crippen molar-refractivity contribution in [2.45, 2.75) is 26.7 Å². The van der Waals surface area contributed by atoms with Crippen LogP contribution in [0, 0.1) is 20.6 Å². The summed E-state index contributed by atoms with van der Waals surface area (Å²) in [5.41, 5.74) is -1.21. The molecular weight excluding hydrogens is 323 g/mol. The van der Waals surface area contributed by atoms with Gasteiger partial charge in [0, 0.05) is 24.1 Å². The summed E-state index contributed by atoms with van der Waals surface area (Å²) < 4.78 is 108. The highest BCUT2D eigenvalue weighted by Gasteiger charge is 2.30. The number of aromatic nitrogens is 1. The number of nitrogens with zero attached hydrogens (tertiary/aromatic N) is 1. The maximum absolute atomic E-state index is 12.9. The van der Waals surface area contributed by atoms with E-state index in [2.05, 4.69) is 4.98 Å². The van der Waals surface area contributed by atoms with Crippen LogP contribution >= 0.6 is 0 Å². The van der Waals surface area contributed by atoms with E-state index in [0.29, 0.717) is 0 Å². The van der Waals surface area contributed by atoms with Crippen LogP contribution in [0.25, 0.3) is 22.4 Å². The van der Waals surface area contributed by atoms with Crippen LogP contribution in [0.5, 0.6) is 0 Å². The van der Waals surface area contributed by atoms with Gasteiger partial charge in [-0.2, -0.15) is 13.2 Å². The zero-order chi connectivity index (χ0) is 25.7. The molecule has 3 aromatic rings. The van der Waals surface area contributed by atoms with Crippen molar-refractivity contribution in [3.8, 4) is 22.4 Å². The van der Waals surface area contributed by atoms with Gasteiger partial charge in [0.05, 0.1) is 11.3 Å². The molecule has 0 saturated carbocycles. The van der Waals surface area contributed by atoms with E-state index >= 15 is 0 Å². The molecule has 0 atom stereocenters. The average Bonchev–Trinajstić information content (AvgIpc) is 2.70. The van der Waals surface area contributed by atoms with Crippen molar-refractivity contribution in [1.29, 1.82) is 0 Å². The van der Waals surface area contributed by atoms with Gasteiger partial charge < -0.3 is 0 Å². The first-order chi connectivity index (χ1) is 15.4. The third kappa shape index (κ3) is 3.58. The molecule has 25 heavy (non-hydrogen) atoms. The smallest absolute Gasteiger partial charge is 0.256 e. The number of alkyl halides is 3. The Morgan fingerprint density at radius 1 is 0.800 bits per heavy atom. The van der Waals surface area contributed by atoms with E-state index in [9.17, 15) is 13.2 Å². The Bertz CT molecular complexity index is 1190. The summed E-state index contributed by atoms with van der Waals surface area (Å²) in [5.74, 6) is 0. The molecule has 0 spiro atoms. The molecule has 0 N–H and O–H groups in total. The lowest BCUT2D eigenvalue weighted by Gasteiger charge is -2.12. The minimum absolute atomic E-state index is 0.0735. The molecule has 3 rings (SSSR count). The van der Waals surface area contributed by atoms with Crippen molar-refractivity contribution < 1.29 is 25.5 Å². The minimum Gasteiger partial charge on any atom is -0.256 e. The molecule has 0 aliphatic carbocycles. The highest BCUT2D eigenvalue weighted by atomic mass is 19.4. The van der Waals surface area contributed by atoms with Gasteiger partial charge in [0.1, 0.15) is 0 Å². The molecule has 1 nitrogen and oxygen atoms in total. The molecule has 1 aromatic heterocycles. The average molecular weight is 350 g/mol. The van der Waals surface area contributed by atoms with Crippen LogP contribution in [0.4, 0.5) is 13.2 Å². The van der Waals surface area contributed by atoms with Crippen molar-refractivity contribution in [2.24, 2.45) is 0 Å². The fourth-order valence-electron chi connectivity index (χ4n) is 2.39. The Morgan fingerprint density at radius 2 is 1.48 bits per heavy atom. The second-order valence-corrected chi connectivity index (χ2v) is 5.45. The molecule has 0 aliphatic heterocycles. The van der Waals surface area contributed by atoms with Crippen molar-refractivity contribution in [3.05, 3.63) is 77.0 Å². The molecule has 0 fully saturated rings. The summed E-state index contributed by atoms with van der Waals surface area (Å²) in [6, 6.07) is 9.11. The molecule has 0 bridgehead atoms. The maximum Gasteiger partial charge on any atom is 0.416 e. The van der Waals surface area contributed by atoms with E-state index in [4.69, 9.17) is 12.3 Å². The van der Waals surface area contributed by atoms with Crippen molar-refractivity contribution in [3.63, 3.8) is 0 Å². The Kier molecular flexibility index (Phi) is 2.33. The Hall–Kier alpha value is -2.62. The highest BCUT2D eigenvalue weighted by molar-refractivity contribution is 5.74. The van der Waals surface area contributed by atoms with Gasteiger partial charge >= 0.3 is 6.18 Å². The maximum atomic E-state index is 12.9. The monoisotopic (exact) mass is 350 g/mol. The summed E-state index contributed by atoms with van der Waals surface area (Å²) in [5, 5.41) is 0. The molecule has 0 radical (unpaired) electrons. The molecule has 0 unspecified atom stereocenters. The van der Waals surface area contributed by atoms with Crippen molar-refractivity contribution in [2.75, 3.05) is 0 Å². The molecular formula is C21H18F3N. The van der Waals surface area contributed by atoms with Crippen LogP contribution < -0.4 is 0 Å². The molecule has 0 saturated heterocycles. The lowest BCUT2D eigenvalue weighted by molar-refractivity contribution is -0.137. The zero-order valence-corrected chi connectivity index (χ0v) is 12.8. The first-order valence-corrected chi connectivity index (χ1v) is 7.22. The number of halogens is 3. The summed E-state index contributed by atoms with van der Waals surface area (Å²) in [4.78, 5) is 4.06. The summed E-state index contributed by atoms with van der Waals surface area (Å²) in [6.45, 7) is -8.05. The number of hydrogen-bond acceptors (Lipinski definition) is 1. The fourth-order valence-corrected chi connectivity index (χ4v) is 2.39. The molecule has 4 heteroatoms. The van der Waals surface area contributed by atoms with E-state index in [1.807, 2.05) is 0 Å². The topological polar surface area (TPSA) is 12.9 Å². The van der Waals surface area contributed by atoms with E-state index in [0.717, 1.165) is 36.5 Å². The van der Waals surface area contributed by atoms with Crippen LogP contribution in [-0.4, -0.2) is 4.98 Å². The van der Waals surface area contributed by atoms with Gasteiger partial charge in [0.25, 0.3) is 0 Å². The van der Waals surface area contributed by atoms with Crippen LogP contribution in [0.3, 0.4) is 0 Å². The lowest BCUT2D eigenvalue weighted by Crippen LogP contribution is -2.04. The summed E-state index contributed by atoms with van der Waals surface area (Å²) in [7, 11) is 0. The van der Waals surface area contributed by atoms with Crippen molar-refractivity contribution in [1.82, 2.24) is 4.98 Å². The van der Waals surface area contributed by atoms with Crippen LogP contribution in [0.2, 0.25) is 0 Å². The quantitative estimate of drug-likeness (QED) is 0.524. The second kappa shape index (κ2) is 6.36. The third-order valence-corrected chi connectivity index (χ3v) is 3.74.